The van der Waals surface area contributed by atoms with Crippen LogP contribution in [0.4, 0.5) is 5.69 Å². The van der Waals surface area contributed by atoms with Crippen LogP contribution in [0.5, 0.6) is 5.75 Å². The van der Waals surface area contributed by atoms with Crippen LogP contribution in [0.3, 0.4) is 0 Å². The summed E-state index contributed by atoms with van der Waals surface area (Å²) >= 11 is 0. The Morgan fingerprint density at radius 1 is 1.16 bits per heavy atom. The van der Waals surface area contributed by atoms with E-state index in [1.165, 1.54) is 19.2 Å². The van der Waals surface area contributed by atoms with Crippen molar-refractivity contribution in [3.8, 4) is 5.75 Å². The van der Waals surface area contributed by atoms with Gasteiger partial charge in [-0.25, -0.2) is 0 Å². The van der Waals surface area contributed by atoms with E-state index in [4.69, 9.17) is 9.29 Å². The van der Waals surface area contributed by atoms with E-state index in [1.54, 1.807) is 12.1 Å². The fraction of sp³-hybridized carbons (Fsp3) is 0.278. The fourth-order valence-electron chi connectivity index (χ4n) is 2.34. The molecule has 0 spiro atoms. The normalized spacial score (nSPS) is 11.2. The Morgan fingerprint density at radius 3 is 2.40 bits per heavy atom. The third-order valence-corrected chi connectivity index (χ3v) is 4.60. The minimum atomic E-state index is -4.37. The predicted octanol–water partition coefficient (Wildman–Crippen LogP) is 3.54. The molecule has 2 aromatic carbocycles. The van der Waals surface area contributed by atoms with Gasteiger partial charge < -0.3 is 10.1 Å². The number of anilines is 1. The second-order valence-corrected chi connectivity index (χ2v) is 7.01. The highest BCUT2D eigenvalue weighted by molar-refractivity contribution is 7.85. The van der Waals surface area contributed by atoms with Crippen LogP contribution < -0.4 is 10.1 Å². The van der Waals surface area contributed by atoms with Crippen LogP contribution in [-0.4, -0.2) is 26.0 Å². The summed E-state index contributed by atoms with van der Waals surface area (Å²) in [5, 5.41) is 2.61. The average Bonchev–Trinajstić information content (AvgIpc) is 2.59. The number of carbonyl (C=O) groups is 1. The molecule has 134 valence electrons. The van der Waals surface area contributed by atoms with Crippen LogP contribution in [0.25, 0.3) is 0 Å². The van der Waals surface area contributed by atoms with Crippen LogP contribution in [-0.2, 0) is 16.5 Å². The first-order chi connectivity index (χ1) is 11.8. The lowest BCUT2D eigenvalue weighted by atomic mass is 10.1. The number of nitrogens with one attached hydrogen (secondary N) is 1. The van der Waals surface area contributed by atoms with E-state index in [2.05, 4.69) is 12.2 Å². The van der Waals surface area contributed by atoms with Crippen LogP contribution in [0.2, 0.25) is 0 Å². The maximum Gasteiger partial charge on any atom is 0.294 e. The third-order valence-electron chi connectivity index (χ3n) is 3.75. The molecule has 0 heterocycles. The van der Waals surface area contributed by atoms with Gasteiger partial charge in [0.25, 0.3) is 16.0 Å². The molecule has 0 fully saturated rings. The second kappa shape index (κ2) is 8.13. The van der Waals surface area contributed by atoms with Crippen molar-refractivity contribution in [3.05, 3.63) is 53.6 Å². The molecular weight excluding hydrogens is 342 g/mol. The van der Waals surface area contributed by atoms with Crippen LogP contribution in [0.1, 0.15) is 35.7 Å². The zero-order valence-corrected chi connectivity index (χ0v) is 15.0. The van der Waals surface area contributed by atoms with Crippen molar-refractivity contribution in [3.63, 3.8) is 0 Å². The molecular formula is C18H21NO5S. The quantitative estimate of drug-likeness (QED) is 0.734. The number of aryl methyl sites for hydroxylation is 1. The SMILES string of the molecule is CCCCc1ccc(C(=O)Nc2cc(S(=O)(=O)O)ccc2OC)cc1. The topological polar surface area (TPSA) is 92.7 Å². The maximum absolute atomic E-state index is 12.4. The summed E-state index contributed by atoms with van der Waals surface area (Å²) in [5.74, 6) is -0.104. The van der Waals surface area contributed by atoms with Crippen molar-refractivity contribution in [2.75, 3.05) is 12.4 Å². The van der Waals surface area contributed by atoms with Gasteiger partial charge in [-0.05, 0) is 48.7 Å². The minimum absolute atomic E-state index is 0.165. The largest absolute Gasteiger partial charge is 0.495 e. The van der Waals surface area contributed by atoms with Gasteiger partial charge in [0, 0.05) is 5.56 Å². The lowest BCUT2D eigenvalue weighted by molar-refractivity contribution is 0.102. The van der Waals surface area contributed by atoms with Gasteiger partial charge in [0.2, 0.25) is 0 Å². The highest BCUT2D eigenvalue weighted by Crippen LogP contribution is 2.28. The highest BCUT2D eigenvalue weighted by atomic mass is 32.2. The molecule has 6 nitrogen and oxygen atoms in total. The standard InChI is InChI=1S/C18H21NO5S/c1-3-4-5-13-6-8-14(9-7-13)18(20)19-16-12-15(25(21,22)23)10-11-17(16)24-2/h6-12H,3-5H2,1-2H3,(H,19,20)(H,21,22,23). The van der Waals surface area contributed by atoms with Gasteiger partial charge in [-0.15, -0.1) is 0 Å². The smallest absolute Gasteiger partial charge is 0.294 e. The molecule has 0 aliphatic heterocycles. The van der Waals surface area contributed by atoms with E-state index in [0.717, 1.165) is 30.9 Å². The summed E-state index contributed by atoms with van der Waals surface area (Å²) in [6.07, 6.45) is 3.15. The number of rotatable bonds is 7. The molecule has 0 aromatic heterocycles. The molecule has 7 heteroatoms. The molecule has 1 amide bonds. The number of ether oxygens (including phenoxy) is 1. The van der Waals surface area contributed by atoms with Crippen molar-refractivity contribution in [1.82, 2.24) is 0 Å². The van der Waals surface area contributed by atoms with Crippen molar-refractivity contribution >= 4 is 21.7 Å². The van der Waals surface area contributed by atoms with Crippen LogP contribution >= 0.6 is 0 Å². The van der Waals surface area contributed by atoms with E-state index >= 15 is 0 Å². The van der Waals surface area contributed by atoms with E-state index in [-0.39, 0.29) is 10.6 Å². The molecule has 0 unspecified atom stereocenters. The monoisotopic (exact) mass is 363 g/mol. The van der Waals surface area contributed by atoms with Gasteiger partial charge in [-0.1, -0.05) is 25.5 Å². The molecule has 0 radical (unpaired) electrons. The molecule has 25 heavy (non-hydrogen) atoms. The van der Waals surface area contributed by atoms with Crippen molar-refractivity contribution in [2.24, 2.45) is 0 Å². The Kier molecular flexibility index (Phi) is 6.17. The first-order valence-electron chi connectivity index (χ1n) is 7.91. The molecule has 0 saturated heterocycles. The summed E-state index contributed by atoms with van der Waals surface area (Å²) < 4.78 is 36.8. The molecule has 2 N–H and O–H groups in total. The second-order valence-electron chi connectivity index (χ2n) is 5.59. The lowest BCUT2D eigenvalue weighted by Gasteiger charge is -2.11. The number of benzene rings is 2. The third kappa shape index (κ3) is 5.04. The number of hydrogen-bond acceptors (Lipinski definition) is 4. The van der Waals surface area contributed by atoms with E-state index < -0.39 is 16.0 Å². The first kappa shape index (κ1) is 19.0. The lowest BCUT2D eigenvalue weighted by Crippen LogP contribution is -2.13. The Balaban J connectivity index is 2.22. The van der Waals surface area contributed by atoms with Crippen molar-refractivity contribution < 1.29 is 22.5 Å². The van der Waals surface area contributed by atoms with Crippen molar-refractivity contribution in [2.45, 2.75) is 31.1 Å². The summed E-state index contributed by atoms with van der Waals surface area (Å²) in [6, 6.07) is 11.0. The van der Waals surface area contributed by atoms with E-state index in [0.29, 0.717) is 11.3 Å². The Morgan fingerprint density at radius 2 is 1.84 bits per heavy atom. The molecule has 2 rings (SSSR count). The van der Waals surface area contributed by atoms with E-state index in [9.17, 15) is 13.2 Å². The molecule has 0 aliphatic rings. The number of hydrogen-bond donors (Lipinski definition) is 2. The molecule has 0 bridgehead atoms. The van der Waals surface area contributed by atoms with Crippen LogP contribution in [0.15, 0.2) is 47.4 Å². The number of carbonyl (C=O) groups excluding carboxylic acids is 1. The predicted molar refractivity (Wildman–Crippen MR) is 95.8 cm³/mol. The first-order valence-corrected chi connectivity index (χ1v) is 9.35. The summed E-state index contributed by atoms with van der Waals surface area (Å²) in [7, 11) is -2.97. The molecule has 0 saturated carbocycles. The van der Waals surface area contributed by atoms with Gasteiger partial charge in [-0.2, -0.15) is 8.42 Å². The zero-order chi connectivity index (χ0) is 18.4. The number of amides is 1. The number of unbranched alkanes of at least 4 members (excludes halogenated alkanes) is 1. The van der Waals surface area contributed by atoms with Crippen LogP contribution in [0, 0.1) is 0 Å². The minimum Gasteiger partial charge on any atom is -0.495 e. The van der Waals surface area contributed by atoms with Gasteiger partial charge in [0.1, 0.15) is 5.75 Å². The van der Waals surface area contributed by atoms with Gasteiger partial charge in [0.15, 0.2) is 0 Å². The fourth-order valence-corrected chi connectivity index (χ4v) is 2.85. The summed E-state index contributed by atoms with van der Waals surface area (Å²) in [4.78, 5) is 12.1. The number of methoxy groups -OCH3 is 1. The van der Waals surface area contributed by atoms with Crippen molar-refractivity contribution in [1.29, 1.82) is 0 Å². The molecule has 0 atom stereocenters. The van der Waals surface area contributed by atoms with Gasteiger partial charge in [0.05, 0.1) is 17.7 Å². The van der Waals surface area contributed by atoms with E-state index in [1.807, 2.05) is 12.1 Å². The Bertz CT molecular complexity index is 844. The molecule has 2 aromatic rings. The Hall–Kier alpha value is -2.38. The summed E-state index contributed by atoms with van der Waals surface area (Å²) in [5.41, 5.74) is 1.77. The average molecular weight is 363 g/mol. The zero-order valence-electron chi connectivity index (χ0n) is 14.2. The summed E-state index contributed by atoms with van der Waals surface area (Å²) in [6.45, 7) is 2.12. The van der Waals surface area contributed by atoms with Gasteiger partial charge in [-0.3, -0.25) is 9.35 Å². The Labute approximate surface area is 147 Å². The van der Waals surface area contributed by atoms with Gasteiger partial charge >= 0.3 is 0 Å². The maximum atomic E-state index is 12.4. The molecule has 0 aliphatic carbocycles. The highest BCUT2D eigenvalue weighted by Gasteiger charge is 2.15.